The average molecular weight is 249 g/mol. The first-order valence-electron chi connectivity index (χ1n) is 6.21. The molecule has 1 unspecified atom stereocenters. The molecule has 0 aliphatic carbocycles. The van der Waals surface area contributed by atoms with E-state index >= 15 is 0 Å². The number of hydrogen-bond acceptors (Lipinski definition) is 3. The topological polar surface area (TPSA) is 75.1 Å². The molecule has 2 heterocycles. The smallest absolute Gasteiger partial charge is 0.219 e. The van der Waals surface area contributed by atoms with E-state index in [2.05, 4.69) is 20.5 Å². The van der Waals surface area contributed by atoms with Crippen molar-refractivity contribution in [2.45, 2.75) is 40.0 Å². The maximum atomic E-state index is 11.2. The van der Waals surface area contributed by atoms with Gasteiger partial charge in [0.2, 0.25) is 5.91 Å². The molecule has 6 nitrogen and oxygen atoms in total. The third-order valence-corrected chi connectivity index (χ3v) is 3.16. The maximum absolute atomic E-state index is 11.2. The fourth-order valence-electron chi connectivity index (χ4n) is 1.75. The molecule has 2 N–H and O–H groups in total. The van der Waals surface area contributed by atoms with Gasteiger partial charge in [-0.05, 0) is 13.8 Å². The third kappa shape index (κ3) is 2.23. The van der Waals surface area contributed by atoms with E-state index in [0.717, 1.165) is 22.7 Å². The highest BCUT2D eigenvalue weighted by Gasteiger charge is 2.15. The Morgan fingerprint density at radius 1 is 1.50 bits per heavy atom. The number of aromatic amines is 1. The number of aryl methyl sites for hydroxylation is 2. The van der Waals surface area contributed by atoms with Crippen molar-refractivity contribution >= 4 is 11.6 Å². The Hall–Kier alpha value is -1.85. The molecule has 0 aromatic carbocycles. The number of carbonyl (C=O) groups excluding carboxylic acids is 1. The SMILES string of the molecule is CCC(=O)NCC(C)c1nc2c(C)c(C)[nH]n2n1. The van der Waals surface area contributed by atoms with Crippen LogP contribution in [0.5, 0.6) is 0 Å². The summed E-state index contributed by atoms with van der Waals surface area (Å²) in [4.78, 5) is 15.7. The van der Waals surface area contributed by atoms with E-state index in [0.29, 0.717) is 13.0 Å². The van der Waals surface area contributed by atoms with Gasteiger partial charge in [0.15, 0.2) is 11.5 Å². The van der Waals surface area contributed by atoms with E-state index in [9.17, 15) is 4.79 Å². The second-order valence-corrected chi connectivity index (χ2v) is 4.63. The van der Waals surface area contributed by atoms with Gasteiger partial charge in [0.25, 0.3) is 0 Å². The zero-order chi connectivity index (χ0) is 13.3. The molecule has 1 amide bonds. The van der Waals surface area contributed by atoms with Crippen LogP contribution < -0.4 is 5.32 Å². The molecule has 0 bridgehead atoms. The van der Waals surface area contributed by atoms with Crippen molar-refractivity contribution < 1.29 is 4.79 Å². The van der Waals surface area contributed by atoms with Gasteiger partial charge in [-0.2, -0.15) is 4.63 Å². The molecule has 2 aromatic rings. The van der Waals surface area contributed by atoms with Gasteiger partial charge in [0.1, 0.15) is 0 Å². The van der Waals surface area contributed by atoms with Crippen molar-refractivity contribution in [1.29, 1.82) is 0 Å². The van der Waals surface area contributed by atoms with E-state index < -0.39 is 0 Å². The number of H-pyrrole nitrogens is 1. The highest BCUT2D eigenvalue weighted by Crippen LogP contribution is 2.15. The number of nitrogens with one attached hydrogen (secondary N) is 2. The molecule has 0 saturated heterocycles. The molecule has 18 heavy (non-hydrogen) atoms. The van der Waals surface area contributed by atoms with Crippen LogP contribution in [0.1, 0.15) is 43.3 Å². The normalized spacial score (nSPS) is 12.9. The molecule has 0 fully saturated rings. The second kappa shape index (κ2) is 4.80. The van der Waals surface area contributed by atoms with E-state index in [1.54, 1.807) is 4.63 Å². The van der Waals surface area contributed by atoms with Gasteiger partial charge in [-0.15, -0.1) is 5.10 Å². The van der Waals surface area contributed by atoms with Crippen LogP contribution >= 0.6 is 0 Å². The first-order valence-corrected chi connectivity index (χ1v) is 6.21. The lowest BCUT2D eigenvalue weighted by Gasteiger charge is -2.08. The van der Waals surface area contributed by atoms with Gasteiger partial charge in [-0.1, -0.05) is 13.8 Å². The Balaban J connectivity index is 2.13. The summed E-state index contributed by atoms with van der Waals surface area (Å²) in [6.07, 6.45) is 0.502. The zero-order valence-corrected chi connectivity index (χ0v) is 11.2. The molecule has 0 radical (unpaired) electrons. The Labute approximate surface area is 106 Å². The van der Waals surface area contributed by atoms with Crippen molar-refractivity contribution in [2.24, 2.45) is 0 Å². The number of fused-ring (bicyclic) bond motifs is 1. The summed E-state index contributed by atoms with van der Waals surface area (Å²) in [7, 11) is 0. The quantitative estimate of drug-likeness (QED) is 0.857. The van der Waals surface area contributed by atoms with Crippen LogP contribution in [0.25, 0.3) is 5.65 Å². The van der Waals surface area contributed by atoms with Crippen LogP contribution in [-0.4, -0.2) is 32.3 Å². The highest BCUT2D eigenvalue weighted by atomic mass is 16.1. The van der Waals surface area contributed by atoms with E-state index in [-0.39, 0.29) is 11.8 Å². The lowest BCUT2D eigenvalue weighted by molar-refractivity contribution is -0.120. The van der Waals surface area contributed by atoms with Gasteiger partial charge in [-0.25, -0.2) is 4.98 Å². The van der Waals surface area contributed by atoms with Crippen molar-refractivity contribution in [2.75, 3.05) is 6.54 Å². The molecule has 1 atom stereocenters. The Morgan fingerprint density at radius 3 is 2.83 bits per heavy atom. The van der Waals surface area contributed by atoms with Gasteiger partial charge < -0.3 is 5.32 Å². The standard InChI is InChI=1S/C12H19N5O/c1-5-10(18)13-6-7(2)11-14-12-8(3)9(4)15-17(12)16-11/h7,15H,5-6H2,1-4H3,(H,13,18). The molecular weight excluding hydrogens is 230 g/mol. The molecule has 0 spiro atoms. The minimum Gasteiger partial charge on any atom is -0.355 e. The number of aromatic nitrogens is 4. The van der Waals surface area contributed by atoms with E-state index in [4.69, 9.17) is 0 Å². The van der Waals surface area contributed by atoms with Crippen LogP contribution in [0.4, 0.5) is 0 Å². The monoisotopic (exact) mass is 249 g/mol. The highest BCUT2D eigenvalue weighted by molar-refractivity contribution is 5.75. The first kappa shape index (κ1) is 12.6. The summed E-state index contributed by atoms with van der Waals surface area (Å²) in [5.74, 6) is 0.910. The van der Waals surface area contributed by atoms with E-state index in [1.165, 1.54) is 0 Å². The summed E-state index contributed by atoms with van der Waals surface area (Å²) in [6.45, 7) is 8.43. The summed E-state index contributed by atoms with van der Waals surface area (Å²) in [6, 6.07) is 0. The largest absolute Gasteiger partial charge is 0.355 e. The lowest BCUT2D eigenvalue weighted by Crippen LogP contribution is -2.27. The Morgan fingerprint density at radius 2 is 2.22 bits per heavy atom. The average Bonchev–Trinajstić information content (AvgIpc) is 2.87. The van der Waals surface area contributed by atoms with Crippen molar-refractivity contribution in [1.82, 2.24) is 25.1 Å². The second-order valence-electron chi connectivity index (χ2n) is 4.63. The summed E-state index contributed by atoms with van der Waals surface area (Å²) >= 11 is 0. The maximum Gasteiger partial charge on any atom is 0.219 e. The molecule has 2 aromatic heterocycles. The Kier molecular flexibility index (Phi) is 3.36. The molecule has 6 heteroatoms. The van der Waals surface area contributed by atoms with Crippen molar-refractivity contribution in [3.63, 3.8) is 0 Å². The fourth-order valence-corrected chi connectivity index (χ4v) is 1.75. The third-order valence-electron chi connectivity index (χ3n) is 3.16. The molecular formula is C12H19N5O. The van der Waals surface area contributed by atoms with Crippen LogP contribution in [-0.2, 0) is 4.79 Å². The molecule has 0 aliphatic rings. The molecule has 2 rings (SSSR count). The van der Waals surface area contributed by atoms with Gasteiger partial charge in [-0.3, -0.25) is 9.89 Å². The molecule has 0 saturated carbocycles. The lowest BCUT2D eigenvalue weighted by atomic mass is 10.1. The fraction of sp³-hybridized carbons (Fsp3) is 0.583. The number of hydrogen-bond donors (Lipinski definition) is 2. The van der Waals surface area contributed by atoms with Crippen molar-refractivity contribution in [3.8, 4) is 0 Å². The Bertz CT molecular complexity index is 568. The number of amides is 1. The summed E-state index contributed by atoms with van der Waals surface area (Å²) < 4.78 is 1.69. The van der Waals surface area contributed by atoms with Crippen LogP contribution in [0, 0.1) is 13.8 Å². The minimum absolute atomic E-state index is 0.0543. The summed E-state index contributed by atoms with van der Waals surface area (Å²) in [5.41, 5.74) is 3.04. The van der Waals surface area contributed by atoms with Gasteiger partial charge in [0, 0.05) is 30.1 Å². The predicted octanol–water partition coefficient (Wildman–Crippen LogP) is 1.30. The predicted molar refractivity (Wildman–Crippen MR) is 68.5 cm³/mol. The zero-order valence-electron chi connectivity index (χ0n) is 11.2. The van der Waals surface area contributed by atoms with Gasteiger partial charge >= 0.3 is 0 Å². The van der Waals surface area contributed by atoms with Crippen LogP contribution in [0.2, 0.25) is 0 Å². The number of carbonyl (C=O) groups is 1. The minimum atomic E-state index is 0.0543. The first-order chi connectivity index (χ1) is 8.52. The van der Waals surface area contributed by atoms with E-state index in [1.807, 2.05) is 27.7 Å². The summed E-state index contributed by atoms with van der Waals surface area (Å²) in [5, 5.41) is 10.4. The van der Waals surface area contributed by atoms with Gasteiger partial charge in [0.05, 0.1) is 0 Å². The van der Waals surface area contributed by atoms with Crippen LogP contribution in [0.3, 0.4) is 0 Å². The molecule has 98 valence electrons. The number of rotatable bonds is 4. The number of nitrogens with zero attached hydrogens (tertiary/aromatic N) is 3. The molecule has 0 aliphatic heterocycles. The van der Waals surface area contributed by atoms with Crippen molar-refractivity contribution in [3.05, 3.63) is 17.1 Å². The van der Waals surface area contributed by atoms with Crippen LogP contribution in [0.15, 0.2) is 0 Å².